The van der Waals surface area contributed by atoms with Gasteiger partial charge in [0, 0.05) is 13.2 Å². The molecule has 1 heterocycles. The highest BCUT2D eigenvalue weighted by atomic mass is 16.5. The van der Waals surface area contributed by atoms with Crippen molar-refractivity contribution in [2.24, 2.45) is 5.92 Å². The zero-order chi connectivity index (χ0) is 5.82. The molecule has 47 valence electrons. The van der Waals surface area contributed by atoms with E-state index in [1.165, 1.54) is 12.8 Å². The van der Waals surface area contributed by atoms with Crippen LogP contribution in [0.5, 0.6) is 0 Å². The van der Waals surface area contributed by atoms with Gasteiger partial charge in [-0.25, -0.2) is 0 Å². The first-order chi connectivity index (χ1) is 3.93. The van der Waals surface area contributed by atoms with Gasteiger partial charge in [0.05, 0.1) is 0 Å². The van der Waals surface area contributed by atoms with Gasteiger partial charge >= 0.3 is 0 Å². The molecule has 1 nitrogen and oxygen atoms in total. The van der Waals surface area contributed by atoms with Crippen LogP contribution in [-0.4, -0.2) is 13.2 Å². The van der Waals surface area contributed by atoms with Crippen molar-refractivity contribution in [1.82, 2.24) is 0 Å². The summed E-state index contributed by atoms with van der Waals surface area (Å²) in [7, 11) is 0. The summed E-state index contributed by atoms with van der Waals surface area (Å²) in [5, 5.41) is 0. The van der Waals surface area contributed by atoms with Crippen LogP contribution in [0.2, 0.25) is 0 Å². The molecule has 1 heteroatoms. The van der Waals surface area contributed by atoms with Crippen LogP contribution in [0.1, 0.15) is 19.3 Å². The Labute approximate surface area is 51.0 Å². The van der Waals surface area contributed by atoms with Crippen molar-refractivity contribution in [3.05, 3.63) is 6.92 Å². The molecule has 0 aromatic heterocycles. The SMILES string of the molecule is [CH2]CCC1CCOC1. The normalized spacial score (nSPS) is 28.9. The smallest absolute Gasteiger partial charge is 0.0495 e. The summed E-state index contributed by atoms with van der Waals surface area (Å²) >= 11 is 0. The molecule has 1 radical (unpaired) electrons. The largest absolute Gasteiger partial charge is 0.381 e. The van der Waals surface area contributed by atoms with E-state index in [1.807, 2.05) is 0 Å². The topological polar surface area (TPSA) is 9.23 Å². The highest BCUT2D eigenvalue weighted by Crippen LogP contribution is 2.16. The van der Waals surface area contributed by atoms with Gasteiger partial charge < -0.3 is 4.74 Å². The Hall–Kier alpha value is -0.0400. The second kappa shape index (κ2) is 3.08. The standard InChI is InChI=1S/C7H13O/c1-2-3-7-4-5-8-6-7/h7H,1-6H2. The predicted molar refractivity (Wildman–Crippen MR) is 33.5 cm³/mol. The number of ether oxygens (including phenoxy) is 1. The Balaban J connectivity index is 2.06. The van der Waals surface area contributed by atoms with Gasteiger partial charge in [-0.3, -0.25) is 0 Å². The molecule has 1 fully saturated rings. The van der Waals surface area contributed by atoms with Gasteiger partial charge in [0.2, 0.25) is 0 Å². The fourth-order valence-corrected chi connectivity index (χ4v) is 1.10. The van der Waals surface area contributed by atoms with Crippen LogP contribution in [0.3, 0.4) is 0 Å². The molecule has 1 aliphatic rings. The van der Waals surface area contributed by atoms with Crippen molar-refractivity contribution in [2.45, 2.75) is 19.3 Å². The van der Waals surface area contributed by atoms with Crippen molar-refractivity contribution in [1.29, 1.82) is 0 Å². The van der Waals surface area contributed by atoms with Crippen LogP contribution < -0.4 is 0 Å². The summed E-state index contributed by atoms with van der Waals surface area (Å²) < 4.78 is 5.18. The third-order valence-electron chi connectivity index (χ3n) is 1.64. The van der Waals surface area contributed by atoms with Crippen LogP contribution in [-0.2, 0) is 4.74 Å². The van der Waals surface area contributed by atoms with E-state index in [9.17, 15) is 0 Å². The van der Waals surface area contributed by atoms with Crippen LogP contribution >= 0.6 is 0 Å². The monoisotopic (exact) mass is 113 g/mol. The minimum Gasteiger partial charge on any atom is -0.381 e. The maximum absolute atomic E-state index is 5.18. The van der Waals surface area contributed by atoms with Crippen LogP contribution in [0.25, 0.3) is 0 Å². The molecular weight excluding hydrogens is 100 g/mol. The van der Waals surface area contributed by atoms with Crippen molar-refractivity contribution in [2.75, 3.05) is 13.2 Å². The quantitative estimate of drug-likeness (QED) is 0.529. The molecule has 0 amide bonds. The van der Waals surface area contributed by atoms with Crippen molar-refractivity contribution >= 4 is 0 Å². The second-order valence-corrected chi connectivity index (χ2v) is 2.37. The highest BCUT2D eigenvalue weighted by Gasteiger charge is 2.13. The van der Waals surface area contributed by atoms with Crippen molar-refractivity contribution < 1.29 is 4.74 Å². The minimum atomic E-state index is 0.826. The molecule has 1 rings (SSSR count). The lowest BCUT2D eigenvalue weighted by Crippen LogP contribution is -1.96. The van der Waals surface area contributed by atoms with E-state index in [-0.39, 0.29) is 0 Å². The van der Waals surface area contributed by atoms with Crippen LogP contribution in [0.4, 0.5) is 0 Å². The first kappa shape index (κ1) is 6.09. The summed E-state index contributed by atoms with van der Waals surface area (Å²) in [5.41, 5.74) is 0. The van der Waals surface area contributed by atoms with Crippen molar-refractivity contribution in [3.63, 3.8) is 0 Å². The lowest BCUT2D eigenvalue weighted by Gasteiger charge is -2.01. The molecule has 8 heavy (non-hydrogen) atoms. The average molecular weight is 113 g/mol. The zero-order valence-electron chi connectivity index (χ0n) is 5.23. The van der Waals surface area contributed by atoms with Gasteiger partial charge in [-0.15, -0.1) is 0 Å². The van der Waals surface area contributed by atoms with E-state index in [2.05, 4.69) is 6.92 Å². The third-order valence-corrected chi connectivity index (χ3v) is 1.64. The zero-order valence-corrected chi connectivity index (χ0v) is 5.23. The van der Waals surface area contributed by atoms with E-state index in [0.29, 0.717) is 0 Å². The predicted octanol–water partition coefficient (Wildman–Crippen LogP) is 1.64. The third kappa shape index (κ3) is 1.48. The molecule has 0 aromatic carbocycles. The summed E-state index contributed by atoms with van der Waals surface area (Å²) in [6.45, 7) is 5.75. The highest BCUT2D eigenvalue weighted by molar-refractivity contribution is 4.63. The second-order valence-electron chi connectivity index (χ2n) is 2.37. The van der Waals surface area contributed by atoms with Gasteiger partial charge in [-0.2, -0.15) is 0 Å². The van der Waals surface area contributed by atoms with E-state index in [0.717, 1.165) is 25.6 Å². The minimum absolute atomic E-state index is 0.826. The molecule has 1 saturated heterocycles. The van der Waals surface area contributed by atoms with Gasteiger partial charge in [-0.1, -0.05) is 13.3 Å². The van der Waals surface area contributed by atoms with Gasteiger partial charge in [0.15, 0.2) is 0 Å². The molecule has 1 unspecified atom stereocenters. The van der Waals surface area contributed by atoms with Gasteiger partial charge in [-0.05, 0) is 18.8 Å². The van der Waals surface area contributed by atoms with Crippen molar-refractivity contribution in [3.8, 4) is 0 Å². The first-order valence-electron chi connectivity index (χ1n) is 3.30. The molecule has 1 atom stereocenters. The van der Waals surface area contributed by atoms with Gasteiger partial charge in [0.25, 0.3) is 0 Å². The summed E-state index contributed by atoms with van der Waals surface area (Å²) in [5.74, 6) is 0.826. The molecule has 0 aliphatic carbocycles. The maximum atomic E-state index is 5.18. The molecule has 0 aromatic rings. The van der Waals surface area contributed by atoms with Gasteiger partial charge in [0.1, 0.15) is 0 Å². The molecule has 1 aliphatic heterocycles. The van der Waals surface area contributed by atoms with E-state index in [1.54, 1.807) is 0 Å². The molecule has 0 bridgehead atoms. The molecule has 0 spiro atoms. The summed E-state index contributed by atoms with van der Waals surface area (Å²) in [4.78, 5) is 0. The molecular formula is C7H13O. The van der Waals surface area contributed by atoms with E-state index in [4.69, 9.17) is 4.74 Å². The Morgan fingerprint density at radius 2 is 2.50 bits per heavy atom. The Morgan fingerprint density at radius 3 is 3.00 bits per heavy atom. The maximum Gasteiger partial charge on any atom is 0.0495 e. The Morgan fingerprint density at radius 1 is 1.62 bits per heavy atom. The lowest BCUT2D eigenvalue weighted by atomic mass is 10.0. The summed E-state index contributed by atoms with van der Waals surface area (Å²) in [6, 6.07) is 0. The lowest BCUT2D eigenvalue weighted by molar-refractivity contribution is 0.184. The molecule has 0 N–H and O–H groups in total. The van der Waals surface area contributed by atoms with E-state index >= 15 is 0 Å². The molecule has 0 saturated carbocycles. The number of rotatable bonds is 2. The fourth-order valence-electron chi connectivity index (χ4n) is 1.10. The number of hydrogen-bond donors (Lipinski definition) is 0. The van der Waals surface area contributed by atoms with Crippen LogP contribution in [0.15, 0.2) is 0 Å². The Kier molecular flexibility index (Phi) is 2.34. The Bertz CT molecular complexity index is 55.4. The fraction of sp³-hybridized carbons (Fsp3) is 0.857. The van der Waals surface area contributed by atoms with Crippen LogP contribution in [0, 0.1) is 12.8 Å². The summed E-state index contributed by atoms with van der Waals surface area (Å²) in [6.07, 6.45) is 3.57. The van der Waals surface area contributed by atoms with E-state index < -0.39 is 0 Å². The number of hydrogen-bond acceptors (Lipinski definition) is 1. The first-order valence-corrected chi connectivity index (χ1v) is 3.30. The average Bonchev–Trinajstić information content (AvgIpc) is 2.19.